The average Bonchev–Trinajstić information content (AvgIpc) is 2.49. The van der Waals surface area contributed by atoms with Gasteiger partial charge in [0.05, 0.1) is 11.9 Å². The molecule has 2 N–H and O–H groups in total. The quantitative estimate of drug-likeness (QED) is 0.636. The molecule has 1 unspecified atom stereocenters. The molecule has 90 valence electrons. The minimum atomic E-state index is -0.0281. The molecule has 0 fully saturated rings. The van der Waals surface area contributed by atoms with Gasteiger partial charge in [0, 0.05) is 21.6 Å². The van der Waals surface area contributed by atoms with E-state index in [1.54, 1.807) is 0 Å². The van der Waals surface area contributed by atoms with E-state index in [0.29, 0.717) is 0 Å². The number of nitrogens with two attached hydrogens (primary N) is 1. The summed E-state index contributed by atoms with van der Waals surface area (Å²) in [5.74, 6) is 0.744. The van der Waals surface area contributed by atoms with Crippen LogP contribution < -0.4 is 5.73 Å². The van der Waals surface area contributed by atoms with Crippen molar-refractivity contribution in [3.8, 4) is 0 Å². The lowest BCUT2D eigenvalue weighted by molar-refractivity contribution is 0.573. The van der Waals surface area contributed by atoms with Crippen LogP contribution in [0.5, 0.6) is 0 Å². The molecular formula is C13H22N2S. The summed E-state index contributed by atoms with van der Waals surface area (Å²) in [5, 5.41) is 0. The molecule has 1 atom stereocenters. The van der Waals surface area contributed by atoms with Gasteiger partial charge in [-0.25, -0.2) is 0 Å². The van der Waals surface area contributed by atoms with Gasteiger partial charge in [-0.2, -0.15) is 0 Å². The van der Waals surface area contributed by atoms with Crippen LogP contribution >= 0.6 is 11.3 Å². The molecule has 0 radical (unpaired) electrons. The predicted molar refractivity (Wildman–Crippen MR) is 73.3 cm³/mol. The van der Waals surface area contributed by atoms with Gasteiger partial charge >= 0.3 is 0 Å². The van der Waals surface area contributed by atoms with E-state index in [2.05, 4.69) is 51.7 Å². The van der Waals surface area contributed by atoms with Gasteiger partial charge < -0.3 is 5.73 Å². The molecule has 0 aromatic carbocycles. The Kier molecular flexibility index (Phi) is 4.14. The highest BCUT2D eigenvalue weighted by Crippen LogP contribution is 2.19. The van der Waals surface area contributed by atoms with E-state index in [1.165, 1.54) is 9.75 Å². The molecular weight excluding hydrogens is 216 g/mol. The summed E-state index contributed by atoms with van der Waals surface area (Å²) in [5.41, 5.74) is 5.94. The Balaban J connectivity index is 2.63. The van der Waals surface area contributed by atoms with Gasteiger partial charge in [0.25, 0.3) is 0 Å². The summed E-state index contributed by atoms with van der Waals surface area (Å²) in [6, 6.07) is 4.60. The molecule has 2 nitrogen and oxygen atoms in total. The van der Waals surface area contributed by atoms with Crippen LogP contribution in [0.25, 0.3) is 0 Å². The van der Waals surface area contributed by atoms with E-state index in [-0.39, 0.29) is 11.5 Å². The third kappa shape index (κ3) is 3.97. The van der Waals surface area contributed by atoms with Crippen molar-refractivity contribution < 1.29 is 0 Å². The normalized spacial score (nSPS) is 15.2. The minimum absolute atomic E-state index is 0.0281. The molecule has 0 bridgehead atoms. The van der Waals surface area contributed by atoms with E-state index < -0.39 is 0 Å². The van der Waals surface area contributed by atoms with Crippen molar-refractivity contribution in [1.82, 2.24) is 0 Å². The number of aryl methyl sites for hydroxylation is 1. The summed E-state index contributed by atoms with van der Waals surface area (Å²) in [6.45, 7) is 10.5. The fraction of sp³-hybridized carbons (Fsp3) is 0.615. The molecule has 0 amide bonds. The Bertz CT molecular complexity index is 372. The molecule has 0 aliphatic rings. The van der Waals surface area contributed by atoms with E-state index in [0.717, 1.165) is 12.3 Å². The molecule has 16 heavy (non-hydrogen) atoms. The lowest BCUT2D eigenvalue weighted by atomic mass is 9.95. The van der Waals surface area contributed by atoms with Crippen molar-refractivity contribution in [2.45, 2.75) is 47.1 Å². The third-order valence-corrected chi connectivity index (χ3v) is 3.44. The van der Waals surface area contributed by atoms with Crippen LogP contribution in [-0.2, 0) is 6.42 Å². The number of aliphatic imine (C=N–C) groups is 1. The second kappa shape index (κ2) is 5.00. The summed E-state index contributed by atoms with van der Waals surface area (Å²) < 4.78 is 0. The van der Waals surface area contributed by atoms with Gasteiger partial charge in [0.1, 0.15) is 0 Å². The maximum Gasteiger partial charge on any atom is 0.0994 e. The second-order valence-corrected chi connectivity index (χ2v) is 6.70. The lowest BCUT2D eigenvalue weighted by Gasteiger charge is -2.19. The van der Waals surface area contributed by atoms with Crippen molar-refractivity contribution in [2.24, 2.45) is 16.1 Å². The van der Waals surface area contributed by atoms with Gasteiger partial charge in [0.2, 0.25) is 0 Å². The van der Waals surface area contributed by atoms with E-state index in [4.69, 9.17) is 5.73 Å². The highest BCUT2D eigenvalue weighted by molar-refractivity contribution is 7.11. The number of rotatable bonds is 3. The molecule has 0 aliphatic heterocycles. The average molecular weight is 238 g/mol. The van der Waals surface area contributed by atoms with Crippen molar-refractivity contribution in [1.29, 1.82) is 0 Å². The van der Waals surface area contributed by atoms with E-state index >= 15 is 0 Å². The summed E-state index contributed by atoms with van der Waals surface area (Å²) >= 11 is 1.84. The van der Waals surface area contributed by atoms with E-state index in [9.17, 15) is 0 Å². The standard InChI is InChI=1S/C13H22N2S/c1-9(15-12(14)13(3,4)5)8-11-7-6-10(2)16-11/h6-7,9H,8H2,1-5H3,(H2,14,15). The zero-order valence-electron chi connectivity index (χ0n) is 10.9. The topological polar surface area (TPSA) is 38.4 Å². The first-order valence-electron chi connectivity index (χ1n) is 5.68. The molecule has 1 heterocycles. The van der Waals surface area contributed by atoms with Crippen molar-refractivity contribution in [3.63, 3.8) is 0 Å². The molecule has 0 aliphatic carbocycles. The number of hydrogen-bond acceptors (Lipinski definition) is 2. The van der Waals surface area contributed by atoms with Gasteiger partial charge in [-0.1, -0.05) is 20.8 Å². The van der Waals surface area contributed by atoms with Crippen LogP contribution in [0.3, 0.4) is 0 Å². The first kappa shape index (κ1) is 13.2. The molecule has 0 spiro atoms. The molecule has 1 rings (SSSR count). The van der Waals surface area contributed by atoms with Gasteiger partial charge in [0.15, 0.2) is 0 Å². The summed E-state index contributed by atoms with van der Waals surface area (Å²) in [4.78, 5) is 7.29. The van der Waals surface area contributed by atoms with Crippen LogP contribution in [0.1, 0.15) is 37.4 Å². The van der Waals surface area contributed by atoms with Crippen molar-refractivity contribution in [3.05, 3.63) is 21.9 Å². The Hall–Kier alpha value is -0.830. The Morgan fingerprint density at radius 1 is 1.44 bits per heavy atom. The number of nitrogens with zero attached hydrogens (tertiary/aromatic N) is 1. The fourth-order valence-electron chi connectivity index (χ4n) is 1.36. The molecule has 0 saturated heterocycles. The Labute approximate surface area is 103 Å². The summed E-state index contributed by atoms with van der Waals surface area (Å²) in [6.07, 6.45) is 0.981. The maximum absolute atomic E-state index is 5.96. The highest BCUT2D eigenvalue weighted by Gasteiger charge is 2.16. The second-order valence-electron chi connectivity index (χ2n) is 5.33. The zero-order valence-corrected chi connectivity index (χ0v) is 11.7. The summed E-state index contributed by atoms with van der Waals surface area (Å²) in [7, 11) is 0. The van der Waals surface area contributed by atoms with Crippen LogP contribution in [-0.4, -0.2) is 11.9 Å². The molecule has 3 heteroatoms. The predicted octanol–water partition coefficient (Wildman–Crippen LogP) is 3.39. The molecule has 1 aromatic rings. The lowest BCUT2D eigenvalue weighted by Crippen LogP contribution is -2.30. The monoisotopic (exact) mass is 238 g/mol. The van der Waals surface area contributed by atoms with Gasteiger partial charge in [-0.05, 0) is 26.0 Å². The first-order valence-corrected chi connectivity index (χ1v) is 6.50. The molecule has 1 aromatic heterocycles. The number of thiophene rings is 1. The third-order valence-electron chi connectivity index (χ3n) is 2.42. The van der Waals surface area contributed by atoms with Crippen LogP contribution in [0.4, 0.5) is 0 Å². The van der Waals surface area contributed by atoms with Gasteiger partial charge in [-0.15, -0.1) is 11.3 Å². The highest BCUT2D eigenvalue weighted by atomic mass is 32.1. The van der Waals surface area contributed by atoms with Crippen molar-refractivity contribution in [2.75, 3.05) is 0 Å². The fourth-order valence-corrected chi connectivity index (χ4v) is 2.37. The maximum atomic E-state index is 5.96. The SMILES string of the molecule is Cc1ccc(CC(C)N=C(N)C(C)(C)C)s1. The Morgan fingerprint density at radius 3 is 2.50 bits per heavy atom. The first-order chi connectivity index (χ1) is 7.29. The minimum Gasteiger partial charge on any atom is -0.387 e. The van der Waals surface area contributed by atoms with Crippen LogP contribution in [0.2, 0.25) is 0 Å². The smallest absolute Gasteiger partial charge is 0.0994 e. The molecule has 0 saturated carbocycles. The number of amidine groups is 1. The van der Waals surface area contributed by atoms with Crippen LogP contribution in [0.15, 0.2) is 17.1 Å². The van der Waals surface area contributed by atoms with Gasteiger partial charge in [-0.3, -0.25) is 4.99 Å². The van der Waals surface area contributed by atoms with Crippen LogP contribution in [0, 0.1) is 12.3 Å². The Morgan fingerprint density at radius 2 is 2.06 bits per heavy atom. The van der Waals surface area contributed by atoms with E-state index in [1.807, 2.05) is 11.3 Å². The largest absolute Gasteiger partial charge is 0.387 e. The van der Waals surface area contributed by atoms with Crippen molar-refractivity contribution >= 4 is 17.2 Å². The number of hydrogen-bond donors (Lipinski definition) is 1. The zero-order chi connectivity index (χ0) is 12.3.